The Bertz CT molecular complexity index is 471. The Balaban J connectivity index is 2.49. The van der Waals surface area contributed by atoms with Crippen LogP contribution in [-0.2, 0) is 0 Å². The van der Waals surface area contributed by atoms with Crippen LogP contribution in [0.3, 0.4) is 0 Å². The molecular weight excluding hydrogens is 174 g/mol. The van der Waals surface area contributed by atoms with Gasteiger partial charge in [-0.05, 0) is 24.3 Å². The Kier molecular flexibility index (Phi) is 2.20. The van der Waals surface area contributed by atoms with Gasteiger partial charge in [0.15, 0.2) is 0 Å². The molecule has 0 aliphatic carbocycles. The minimum atomic E-state index is 0.617. The summed E-state index contributed by atoms with van der Waals surface area (Å²) < 4.78 is 0. The van der Waals surface area contributed by atoms with Crippen molar-refractivity contribution in [2.75, 3.05) is 0 Å². The largest absolute Gasteiger partial charge is 0.265 e. The minimum Gasteiger partial charge on any atom is -0.265 e. The zero-order chi connectivity index (χ0) is 9.80. The molecule has 0 fully saturated rings. The molecule has 0 saturated heterocycles. The first-order valence-corrected chi connectivity index (χ1v) is 4.17. The van der Waals surface area contributed by atoms with E-state index in [9.17, 15) is 0 Å². The lowest BCUT2D eigenvalue weighted by Crippen LogP contribution is -1.84. The van der Waals surface area contributed by atoms with Gasteiger partial charge in [0, 0.05) is 24.2 Å². The van der Waals surface area contributed by atoms with Crippen molar-refractivity contribution in [3.05, 3.63) is 48.4 Å². The third-order valence-corrected chi connectivity index (χ3v) is 1.87. The number of hydrogen-bond donors (Lipinski definition) is 0. The average Bonchev–Trinajstić information content (AvgIpc) is 2.30. The Hall–Kier alpha value is -2.21. The first kappa shape index (κ1) is 8.39. The molecule has 0 aliphatic rings. The van der Waals surface area contributed by atoms with Crippen LogP contribution in [0.1, 0.15) is 5.56 Å². The van der Waals surface area contributed by atoms with Gasteiger partial charge >= 0.3 is 0 Å². The fraction of sp³-hybridized carbons (Fsp3) is 0. The lowest BCUT2D eigenvalue weighted by Gasteiger charge is -1.98. The molecular formula is C11H7N3. The lowest BCUT2D eigenvalue weighted by molar-refractivity contribution is 1.28. The first-order chi connectivity index (χ1) is 6.90. The second kappa shape index (κ2) is 3.67. The first-order valence-electron chi connectivity index (χ1n) is 4.17. The highest BCUT2D eigenvalue weighted by molar-refractivity contribution is 5.59. The van der Waals surface area contributed by atoms with Crippen LogP contribution < -0.4 is 0 Å². The second-order valence-corrected chi connectivity index (χ2v) is 2.78. The van der Waals surface area contributed by atoms with Gasteiger partial charge in [-0.2, -0.15) is 5.26 Å². The fourth-order valence-electron chi connectivity index (χ4n) is 1.18. The molecule has 2 aromatic heterocycles. The van der Waals surface area contributed by atoms with Crippen molar-refractivity contribution in [1.29, 1.82) is 5.26 Å². The van der Waals surface area contributed by atoms with Crippen molar-refractivity contribution in [3.8, 4) is 17.3 Å². The van der Waals surface area contributed by atoms with Gasteiger partial charge in [0.2, 0.25) is 0 Å². The summed E-state index contributed by atoms with van der Waals surface area (Å²) in [5.74, 6) is 0. The molecule has 2 rings (SSSR count). The van der Waals surface area contributed by atoms with Gasteiger partial charge in [0.25, 0.3) is 0 Å². The summed E-state index contributed by atoms with van der Waals surface area (Å²) in [6.45, 7) is 0. The molecule has 0 unspecified atom stereocenters. The van der Waals surface area contributed by atoms with Crippen molar-refractivity contribution in [3.63, 3.8) is 0 Å². The van der Waals surface area contributed by atoms with E-state index in [1.54, 1.807) is 30.7 Å². The van der Waals surface area contributed by atoms with Gasteiger partial charge in [-0.3, -0.25) is 9.97 Å². The van der Waals surface area contributed by atoms with Gasteiger partial charge in [-0.25, -0.2) is 0 Å². The fourth-order valence-corrected chi connectivity index (χ4v) is 1.18. The smallest absolute Gasteiger partial charge is 0.0992 e. The summed E-state index contributed by atoms with van der Waals surface area (Å²) in [4.78, 5) is 8.10. The van der Waals surface area contributed by atoms with E-state index in [0.29, 0.717) is 5.56 Å². The number of nitriles is 1. The average molecular weight is 181 g/mol. The summed E-state index contributed by atoms with van der Waals surface area (Å²) in [6.07, 6.45) is 5.04. The summed E-state index contributed by atoms with van der Waals surface area (Å²) >= 11 is 0. The molecule has 0 spiro atoms. The number of aromatic nitrogens is 2. The third-order valence-electron chi connectivity index (χ3n) is 1.87. The van der Waals surface area contributed by atoms with E-state index in [0.717, 1.165) is 11.3 Å². The van der Waals surface area contributed by atoms with Gasteiger partial charge in [0.05, 0.1) is 17.3 Å². The molecule has 2 aromatic rings. The second-order valence-electron chi connectivity index (χ2n) is 2.78. The van der Waals surface area contributed by atoms with E-state index in [-0.39, 0.29) is 0 Å². The molecule has 0 atom stereocenters. The van der Waals surface area contributed by atoms with Crippen LogP contribution in [0.4, 0.5) is 0 Å². The van der Waals surface area contributed by atoms with Crippen molar-refractivity contribution >= 4 is 0 Å². The van der Waals surface area contributed by atoms with Crippen molar-refractivity contribution < 1.29 is 0 Å². The molecule has 0 radical (unpaired) electrons. The van der Waals surface area contributed by atoms with Crippen LogP contribution in [0.15, 0.2) is 42.9 Å². The molecule has 0 aliphatic heterocycles. The molecule has 0 saturated carbocycles. The summed E-state index contributed by atoms with van der Waals surface area (Å²) in [5, 5.41) is 8.72. The van der Waals surface area contributed by atoms with Crippen LogP contribution in [0.5, 0.6) is 0 Å². The van der Waals surface area contributed by atoms with Crippen LogP contribution in [0, 0.1) is 11.3 Å². The van der Waals surface area contributed by atoms with Gasteiger partial charge in [0.1, 0.15) is 0 Å². The molecule has 66 valence electrons. The van der Waals surface area contributed by atoms with E-state index in [2.05, 4.69) is 16.0 Å². The minimum absolute atomic E-state index is 0.617. The number of hydrogen-bond acceptors (Lipinski definition) is 3. The third kappa shape index (κ3) is 1.59. The SMILES string of the molecule is N#Cc1ccnc(-c2ccncc2)c1. The Morgan fingerprint density at radius 2 is 1.86 bits per heavy atom. The van der Waals surface area contributed by atoms with Gasteiger partial charge < -0.3 is 0 Å². The zero-order valence-electron chi connectivity index (χ0n) is 7.38. The standard InChI is InChI=1S/C11H7N3/c12-8-9-1-6-14-11(7-9)10-2-4-13-5-3-10/h1-7H. The summed E-state index contributed by atoms with van der Waals surface area (Å²) in [5.41, 5.74) is 2.38. The maximum atomic E-state index is 8.72. The van der Waals surface area contributed by atoms with Crippen LogP contribution in [-0.4, -0.2) is 9.97 Å². The van der Waals surface area contributed by atoms with E-state index >= 15 is 0 Å². The maximum absolute atomic E-state index is 8.72. The van der Waals surface area contributed by atoms with Crippen molar-refractivity contribution in [1.82, 2.24) is 9.97 Å². The molecule has 0 amide bonds. The van der Waals surface area contributed by atoms with E-state index in [4.69, 9.17) is 5.26 Å². The Labute approximate surface area is 81.7 Å². The monoisotopic (exact) mass is 181 g/mol. The highest BCUT2D eigenvalue weighted by atomic mass is 14.7. The van der Waals surface area contributed by atoms with Gasteiger partial charge in [-0.1, -0.05) is 0 Å². The molecule has 3 heteroatoms. The summed E-state index contributed by atoms with van der Waals surface area (Å²) in [7, 11) is 0. The molecule has 2 heterocycles. The predicted octanol–water partition coefficient (Wildman–Crippen LogP) is 2.02. The van der Waals surface area contributed by atoms with Gasteiger partial charge in [-0.15, -0.1) is 0 Å². The number of rotatable bonds is 1. The topological polar surface area (TPSA) is 49.6 Å². The summed E-state index contributed by atoms with van der Waals surface area (Å²) in [6, 6.07) is 9.26. The highest BCUT2D eigenvalue weighted by Crippen LogP contribution is 2.15. The zero-order valence-corrected chi connectivity index (χ0v) is 7.38. The quantitative estimate of drug-likeness (QED) is 0.676. The molecule has 0 N–H and O–H groups in total. The van der Waals surface area contributed by atoms with E-state index in [1.165, 1.54) is 0 Å². The number of nitrogens with zero attached hydrogens (tertiary/aromatic N) is 3. The normalized spacial score (nSPS) is 9.36. The predicted molar refractivity (Wildman–Crippen MR) is 52.2 cm³/mol. The molecule has 3 nitrogen and oxygen atoms in total. The van der Waals surface area contributed by atoms with Crippen LogP contribution >= 0.6 is 0 Å². The van der Waals surface area contributed by atoms with Crippen molar-refractivity contribution in [2.24, 2.45) is 0 Å². The maximum Gasteiger partial charge on any atom is 0.0992 e. The molecule has 14 heavy (non-hydrogen) atoms. The highest BCUT2D eigenvalue weighted by Gasteiger charge is 1.98. The number of pyridine rings is 2. The van der Waals surface area contributed by atoms with Crippen LogP contribution in [0.25, 0.3) is 11.3 Å². The Morgan fingerprint density at radius 1 is 1.07 bits per heavy atom. The van der Waals surface area contributed by atoms with E-state index in [1.807, 2.05) is 12.1 Å². The van der Waals surface area contributed by atoms with Crippen LogP contribution in [0.2, 0.25) is 0 Å². The van der Waals surface area contributed by atoms with E-state index < -0.39 is 0 Å². The van der Waals surface area contributed by atoms with Crippen molar-refractivity contribution in [2.45, 2.75) is 0 Å². The molecule has 0 bridgehead atoms. The Morgan fingerprint density at radius 3 is 2.57 bits per heavy atom. The lowest BCUT2D eigenvalue weighted by atomic mass is 10.1. The molecule has 0 aromatic carbocycles.